The van der Waals surface area contributed by atoms with Crippen molar-refractivity contribution in [2.24, 2.45) is 5.92 Å². The van der Waals surface area contributed by atoms with Crippen molar-refractivity contribution in [2.75, 3.05) is 20.7 Å². The molecule has 0 aliphatic carbocycles. The molecule has 0 aromatic heterocycles. The average Bonchev–Trinajstić information content (AvgIpc) is 3.31. The molecular weight excluding hydrogens is 480 g/mol. The number of carbonyl (C=O) groups is 3. The van der Waals surface area contributed by atoms with Gasteiger partial charge in [-0.05, 0) is 57.3 Å². The van der Waals surface area contributed by atoms with Crippen LogP contribution in [0.25, 0.3) is 0 Å². The van der Waals surface area contributed by atoms with E-state index < -0.39 is 12.1 Å². The van der Waals surface area contributed by atoms with E-state index in [1.165, 1.54) is 0 Å². The summed E-state index contributed by atoms with van der Waals surface area (Å²) in [7, 11) is 3.66. The minimum atomic E-state index is -0.862. The first-order valence-corrected chi connectivity index (χ1v) is 13.7. The molecule has 2 saturated heterocycles. The van der Waals surface area contributed by atoms with Gasteiger partial charge in [0.15, 0.2) is 0 Å². The lowest BCUT2D eigenvalue weighted by Crippen LogP contribution is -2.58. The Balaban J connectivity index is 1.58. The van der Waals surface area contributed by atoms with E-state index in [9.17, 15) is 19.5 Å². The van der Waals surface area contributed by atoms with Crippen LogP contribution in [-0.2, 0) is 14.4 Å². The smallest absolute Gasteiger partial charge is 0.246 e. The zero-order valence-corrected chi connectivity index (χ0v) is 22.5. The van der Waals surface area contributed by atoms with Gasteiger partial charge in [-0.25, -0.2) is 0 Å². The van der Waals surface area contributed by atoms with E-state index in [2.05, 4.69) is 10.6 Å². The van der Waals surface area contributed by atoms with E-state index >= 15 is 0 Å². The van der Waals surface area contributed by atoms with Crippen molar-refractivity contribution < 1.29 is 19.5 Å². The average molecular weight is 521 g/mol. The summed E-state index contributed by atoms with van der Waals surface area (Å²) in [6, 6.07) is 17.3. The van der Waals surface area contributed by atoms with Gasteiger partial charge >= 0.3 is 0 Å². The normalized spacial score (nSPS) is 24.2. The molecule has 0 spiro atoms. The Labute approximate surface area is 225 Å². The lowest BCUT2D eigenvalue weighted by atomic mass is 9.93. The molecule has 0 unspecified atom stereocenters. The van der Waals surface area contributed by atoms with Crippen LogP contribution >= 0.6 is 0 Å². The van der Waals surface area contributed by atoms with Crippen LogP contribution in [0, 0.1) is 5.92 Å². The molecular formula is C30H40N4O4. The van der Waals surface area contributed by atoms with Gasteiger partial charge in [-0.3, -0.25) is 19.3 Å². The number of aliphatic hydroxyl groups is 1. The molecule has 204 valence electrons. The van der Waals surface area contributed by atoms with Gasteiger partial charge in [-0.1, -0.05) is 67.6 Å². The fourth-order valence-electron chi connectivity index (χ4n) is 5.99. The van der Waals surface area contributed by atoms with Crippen molar-refractivity contribution in [3.05, 3.63) is 71.8 Å². The van der Waals surface area contributed by atoms with Gasteiger partial charge in [0, 0.05) is 18.6 Å². The zero-order chi connectivity index (χ0) is 27.2. The Morgan fingerprint density at radius 1 is 0.974 bits per heavy atom. The van der Waals surface area contributed by atoms with Crippen LogP contribution in [0.2, 0.25) is 0 Å². The van der Waals surface area contributed by atoms with E-state index in [1.54, 1.807) is 4.90 Å². The first-order chi connectivity index (χ1) is 18.3. The number of hydrogen-bond donors (Lipinski definition) is 3. The van der Waals surface area contributed by atoms with Crippen LogP contribution < -0.4 is 10.6 Å². The first kappa shape index (κ1) is 27.8. The quantitative estimate of drug-likeness (QED) is 0.472. The minimum Gasteiger partial charge on any atom is -0.396 e. The van der Waals surface area contributed by atoms with Crippen molar-refractivity contribution in [3.8, 4) is 0 Å². The Kier molecular flexibility index (Phi) is 9.17. The molecule has 0 radical (unpaired) electrons. The number of hydrogen-bond acceptors (Lipinski definition) is 5. The van der Waals surface area contributed by atoms with Gasteiger partial charge in [-0.2, -0.15) is 0 Å². The third-order valence-corrected chi connectivity index (χ3v) is 8.07. The summed E-state index contributed by atoms with van der Waals surface area (Å²) in [5.74, 6) is -1.10. The molecule has 8 heteroatoms. The number of carbonyl (C=O) groups excluding carboxylic acids is 3. The van der Waals surface area contributed by atoms with Gasteiger partial charge in [0.1, 0.15) is 12.1 Å². The molecule has 5 atom stereocenters. The summed E-state index contributed by atoms with van der Waals surface area (Å²) in [6.07, 6.45) is 3.19. The highest BCUT2D eigenvalue weighted by atomic mass is 16.3. The standard InChI is InChI=1S/C30H40N4O4/c1-4-24(33(2)3)28(36)32-27-22(19-35)15-16-23-17-18-25(34(23)30(27)38)29(37)31-26(20-11-7-5-8-12-20)21-13-9-6-10-14-21/h5-14,22-27,35H,4,15-19H2,1-3H3,(H,31,37)(H,32,36)/t22-,23+,24+,25+,27+/m1/s1. The van der Waals surface area contributed by atoms with Crippen LogP contribution in [0.5, 0.6) is 0 Å². The molecule has 3 amide bonds. The highest BCUT2D eigenvalue weighted by Crippen LogP contribution is 2.34. The molecule has 2 aliphatic rings. The van der Waals surface area contributed by atoms with Crippen LogP contribution in [0.15, 0.2) is 60.7 Å². The predicted octanol–water partition coefficient (Wildman–Crippen LogP) is 2.48. The summed E-state index contributed by atoms with van der Waals surface area (Å²) < 4.78 is 0. The molecule has 0 saturated carbocycles. The van der Waals surface area contributed by atoms with Crippen LogP contribution in [0.4, 0.5) is 0 Å². The number of rotatable bonds is 9. The number of amides is 3. The van der Waals surface area contributed by atoms with E-state index in [0.717, 1.165) is 17.5 Å². The monoisotopic (exact) mass is 520 g/mol. The summed E-state index contributed by atoms with van der Waals surface area (Å²) >= 11 is 0. The van der Waals surface area contributed by atoms with Crippen molar-refractivity contribution in [1.29, 1.82) is 0 Å². The zero-order valence-electron chi connectivity index (χ0n) is 22.5. The maximum Gasteiger partial charge on any atom is 0.246 e. The molecule has 0 bridgehead atoms. The molecule has 38 heavy (non-hydrogen) atoms. The fraction of sp³-hybridized carbons (Fsp3) is 0.500. The topological polar surface area (TPSA) is 102 Å². The van der Waals surface area contributed by atoms with Gasteiger partial charge in [-0.15, -0.1) is 0 Å². The second-order valence-corrected chi connectivity index (χ2v) is 10.6. The van der Waals surface area contributed by atoms with Crippen LogP contribution in [0.3, 0.4) is 0 Å². The van der Waals surface area contributed by atoms with E-state index in [0.29, 0.717) is 25.7 Å². The van der Waals surface area contributed by atoms with Crippen LogP contribution in [-0.4, -0.2) is 77.5 Å². The number of fused-ring (bicyclic) bond motifs is 1. The number of aliphatic hydroxyl groups excluding tert-OH is 1. The highest BCUT2D eigenvalue weighted by Gasteiger charge is 2.48. The molecule has 8 nitrogen and oxygen atoms in total. The summed E-state index contributed by atoms with van der Waals surface area (Å²) in [6.45, 7) is 1.73. The molecule has 2 aliphatic heterocycles. The number of nitrogens with zero attached hydrogens (tertiary/aromatic N) is 2. The summed E-state index contributed by atoms with van der Waals surface area (Å²) in [4.78, 5) is 44.4. The lowest BCUT2D eigenvalue weighted by Gasteiger charge is -2.33. The third kappa shape index (κ3) is 5.92. The predicted molar refractivity (Wildman–Crippen MR) is 146 cm³/mol. The van der Waals surface area contributed by atoms with E-state index in [4.69, 9.17) is 0 Å². The maximum atomic E-state index is 14.0. The Hall–Kier alpha value is -3.23. The van der Waals surface area contributed by atoms with E-state index in [-0.39, 0.29) is 48.4 Å². The Morgan fingerprint density at radius 3 is 2.08 bits per heavy atom. The second kappa shape index (κ2) is 12.5. The first-order valence-electron chi connectivity index (χ1n) is 13.7. The summed E-state index contributed by atoms with van der Waals surface area (Å²) in [5, 5.41) is 16.3. The molecule has 2 aromatic rings. The lowest BCUT2D eigenvalue weighted by molar-refractivity contribution is -0.144. The fourth-order valence-corrected chi connectivity index (χ4v) is 5.99. The van der Waals surface area contributed by atoms with Gasteiger partial charge < -0.3 is 20.6 Å². The Bertz CT molecular complexity index is 1050. The molecule has 2 heterocycles. The third-order valence-electron chi connectivity index (χ3n) is 8.07. The molecule has 3 N–H and O–H groups in total. The van der Waals surface area contributed by atoms with Gasteiger partial charge in [0.25, 0.3) is 0 Å². The molecule has 4 rings (SSSR count). The van der Waals surface area contributed by atoms with Crippen LogP contribution in [0.1, 0.15) is 56.2 Å². The number of likely N-dealkylation sites (N-methyl/N-ethyl adjacent to an activating group) is 1. The second-order valence-electron chi connectivity index (χ2n) is 10.6. The van der Waals surface area contributed by atoms with Crippen molar-refractivity contribution >= 4 is 17.7 Å². The minimum absolute atomic E-state index is 0.0862. The number of nitrogens with one attached hydrogen (secondary N) is 2. The SMILES string of the molecule is CC[C@@H](C(=O)N[C@@H]1C(=O)N2[C@@H](CC[C@@H]1CO)CC[C@H]2C(=O)NC(c1ccccc1)c1ccccc1)N(C)C. The largest absolute Gasteiger partial charge is 0.396 e. The van der Waals surface area contributed by atoms with Crippen molar-refractivity contribution in [2.45, 2.75) is 69.2 Å². The van der Waals surface area contributed by atoms with Gasteiger partial charge in [0.2, 0.25) is 17.7 Å². The molecule has 2 aromatic carbocycles. The highest BCUT2D eigenvalue weighted by molar-refractivity contribution is 5.94. The molecule has 2 fully saturated rings. The Morgan fingerprint density at radius 2 is 1.55 bits per heavy atom. The maximum absolute atomic E-state index is 14.0. The van der Waals surface area contributed by atoms with Crippen molar-refractivity contribution in [3.63, 3.8) is 0 Å². The summed E-state index contributed by atoms with van der Waals surface area (Å²) in [5.41, 5.74) is 1.92. The van der Waals surface area contributed by atoms with Crippen molar-refractivity contribution in [1.82, 2.24) is 20.4 Å². The van der Waals surface area contributed by atoms with Gasteiger partial charge in [0.05, 0.1) is 12.1 Å². The van der Waals surface area contributed by atoms with E-state index in [1.807, 2.05) is 86.6 Å². The number of benzene rings is 2.